The molecule has 1 unspecified atom stereocenters. The van der Waals surface area contributed by atoms with Crippen molar-refractivity contribution in [2.45, 2.75) is 5.92 Å². The highest BCUT2D eigenvalue weighted by atomic mass is 16.5. The van der Waals surface area contributed by atoms with E-state index >= 15 is 0 Å². The molecule has 0 spiro atoms. The number of allylic oxidation sites excluding steroid dienone is 1. The van der Waals surface area contributed by atoms with E-state index in [0.29, 0.717) is 0 Å². The van der Waals surface area contributed by atoms with Gasteiger partial charge in [-0.15, -0.1) is 0 Å². The fourth-order valence-corrected chi connectivity index (χ4v) is 3.45. The van der Waals surface area contributed by atoms with Crippen molar-refractivity contribution in [3.05, 3.63) is 88.5 Å². The normalized spacial score (nSPS) is 18.8. The van der Waals surface area contributed by atoms with Gasteiger partial charge in [-0.25, -0.2) is 0 Å². The van der Waals surface area contributed by atoms with E-state index in [2.05, 4.69) is 55.0 Å². The first-order chi connectivity index (χ1) is 10.8. The monoisotopic (exact) mass is 289 g/mol. The van der Waals surface area contributed by atoms with Crippen LogP contribution in [0.15, 0.2) is 59.9 Å². The third kappa shape index (κ3) is 1.80. The summed E-state index contributed by atoms with van der Waals surface area (Å²) in [7, 11) is 3.42. The number of rotatable bonds is 3. The van der Waals surface area contributed by atoms with Crippen LogP contribution in [0.3, 0.4) is 0 Å². The minimum Gasteiger partial charge on any atom is -0.496 e. The highest BCUT2D eigenvalue weighted by Crippen LogP contribution is 2.49. The maximum atomic E-state index is 5.71. The summed E-state index contributed by atoms with van der Waals surface area (Å²) in [5.41, 5.74) is 6.13. The highest BCUT2D eigenvalue weighted by Gasteiger charge is 2.37. The first-order valence-corrected chi connectivity index (χ1v) is 7.40. The molecule has 109 valence electrons. The van der Waals surface area contributed by atoms with Crippen molar-refractivity contribution < 1.29 is 9.47 Å². The van der Waals surface area contributed by atoms with Gasteiger partial charge in [-0.2, -0.15) is 0 Å². The Balaban J connectivity index is 1.84. The van der Waals surface area contributed by atoms with Crippen LogP contribution in [0, 0.1) is 6.42 Å². The fraction of sp³-hybridized carbons (Fsp3) is 0.150. The van der Waals surface area contributed by atoms with Crippen LogP contribution in [0.1, 0.15) is 28.2 Å². The standard InChI is InChI=1S/C20H17O2/c1-21-19-17-10-6-5-9-16(17)18(20(19)22-2)15-11-13-7-3-4-8-14(13)12-15/h3-12,18H,1-2H3. The van der Waals surface area contributed by atoms with Crippen LogP contribution < -0.4 is 0 Å². The third-order valence-corrected chi connectivity index (χ3v) is 4.40. The minimum atomic E-state index is 0.101. The van der Waals surface area contributed by atoms with Crippen LogP contribution in [0.25, 0.3) is 11.8 Å². The second-order valence-corrected chi connectivity index (χ2v) is 5.54. The van der Waals surface area contributed by atoms with Crippen LogP contribution in [0.4, 0.5) is 0 Å². The van der Waals surface area contributed by atoms with Crippen LogP contribution in [-0.2, 0) is 9.47 Å². The number of benzene rings is 2. The average Bonchev–Trinajstić information content (AvgIpc) is 3.12. The largest absolute Gasteiger partial charge is 0.496 e. The van der Waals surface area contributed by atoms with Crippen molar-refractivity contribution in [2.75, 3.05) is 14.2 Å². The SMILES string of the molecule is COC1=C(OC)C(C2=Cc3ccccc3[CH]2)c2ccccc21. The van der Waals surface area contributed by atoms with Gasteiger partial charge in [0, 0.05) is 12.0 Å². The molecule has 22 heavy (non-hydrogen) atoms. The van der Waals surface area contributed by atoms with Gasteiger partial charge in [0.25, 0.3) is 0 Å². The lowest BCUT2D eigenvalue weighted by atomic mass is 9.90. The Morgan fingerprint density at radius 2 is 1.55 bits per heavy atom. The van der Waals surface area contributed by atoms with Crippen molar-refractivity contribution in [1.82, 2.24) is 0 Å². The Labute approximate surface area is 130 Å². The lowest BCUT2D eigenvalue weighted by Gasteiger charge is -2.16. The van der Waals surface area contributed by atoms with E-state index in [-0.39, 0.29) is 5.92 Å². The summed E-state index contributed by atoms with van der Waals surface area (Å²) in [6.45, 7) is 0. The molecule has 2 aromatic rings. The molecule has 4 rings (SSSR count). The Bertz CT molecular complexity index is 799. The van der Waals surface area contributed by atoms with Gasteiger partial charge in [-0.05, 0) is 22.3 Å². The van der Waals surface area contributed by atoms with Gasteiger partial charge >= 0.3 is 0 Å². The first-order valence-electron chi connectivity index (χ1n) is 7.40. The van der Waals surface area contributed by atoms with Crippen molar-refractivity contribution in [3.63, 3.8) is 0 Å². The Hall–Kier alpha value is -2.48. The van der Waals surface area contributed by atoms with Gasteiger partial charge in [-0.3, -0.25) is 0 Å². The zero-order valence-electron chi connectivity index (χ0n) is 12.7. The maximum absolute atomic E-state index is 5.71. The number of hydrogen-bond acceptors (Lipinski definition) is 2. The van der Waals surface area contributed by atoms with Crippen molar-refractivity contribution in [2.24, 2.45) is 0 Å². The van der Waals surface area contributed by atoms with Gasteiger partial charge in [-0.1, -0.05) is 54.6 Å². The molecule has 2 aliphatic rings. The summed E-state index contributed by atoms with van der Waals surface area (Å²) in [5, 5.41) is 0. The first kappa shape index (κ1) is 13.2. The molecular formula is C20H17O2. The summed E-state index contributed by atoms with van der Waals surface area (Å²) < 4.78 is 11.3. The molecule has 0 aromatic heterocycles. The molecule has 0 amide bonds. The zero-order valence-corrected chi connectivity index (χ0v) is 12.7. The van der Waals surface area contributed by atoms with E-state index in [1.807, 2.05) is 6.07 Å². The summed E-state index contributed by atoms with van der Waals surface area (Å²) in [5.74, 6) is 1.83. The van der Waals surface area contributed by atoms with Crippen molar-refractivity contribution in [1.29, 1.82) is 0 Å². The molecule has 0 saturated carbocycles. The molecule has 0 bridgehead atoms. The molecular weight excluding hydrogens is 272 g/mol. The Morgan fingerprint density at radius 1 is 0.818 bits per heavy atom. The van der Waals surface area contributed by atoms with Gasteiger partial charge in [0.15, 0.2) is 5.76 Å². The fourth-order valence-electron chi connectivity index (χ4n) is 3.45. The average molecular weight is 289 g/mol. The lowest BCUT2D eigenvalue weighted by Crippen LogP contribution is -2.04. The van der Waals surface area contributed by atoms with Crippen LogP contribution >= 0.6 is 0 Å². The number of methoxy groups -OCH3 is 2. The summed E-state index contributed by atoms with van der Waals surface area (Å²) in [6.07, 6.45) is 4.49. The number of fused-ring (bicyclic) bond motifs is 2. The van der Waals surface area contributed by atoms with Crippen molar-refractivity contribution in [3.8, 4) is 0 Å². The molecule has 1 atom stereocenters. The quantitative estimate of drug-likeness (QED) is 0.834. The smallest absolute Gasteiger partial charge is 0.164 e. The van der Waals surface area contributed by atoms with E-state index < -0.39 is 0 Å². The van der Waals surface area contributed by atoms with E-state index in [9.17, 15) is 0 Å². The molecule has 2 nitrogen and oxygen atoms in total. The van der Waals surface area contributed by atoms with E-state index in [1.54, 1.807) is 14.2 Å². The highest BCUT2D eigenvalue weighted by molar-refractivity contribution is 5.80. The zero-order chi connectivity index (χ0) is 15.1. The third-order valence-electron chi connectivity index (χ3n) is 4.40. The summed E-state index contributed by atoms with van der Waals surface area (Å²) in [6, 6.07) is 16.8. The molecule has 0 fully saturated rings. The number of ether oxygens (including phenoxy) is 2. The topological polar surface area (TPSA) is 18.5 Å². The van der Waals surface area contributed by atoms with Gasteiger partial charge < -0.3 is 9.47 Å². The molecule has 0 N–H and O–H groups in total. The van der Waals surface area contributed by atoms with Crippen molar-refractivity contribution >= 4 is 11.8 Å². The van der Waals surface area contributed by atoms with Crippen LogP contribution in [0.2, 0.25) is 0 Å². The molecule has 2 aromatic carbocycles. The van der Waals surface area contributed by atoms with E-state index in [1.165, 1.54) is 22.3 Å². The van der Waals surface area contributed by atoms with Gasteiger partial charge in [0.05, 0.1) is 20.1 Å². The molecule has 0 aliphatic heterocycles. The predicted molar refractivity (Wildman–Crippen MR) is 87.9 cm³/mol. The summed E-state index contributed by atoms with van der Waals surface area (Å²) in [4.78, 5) is 0. The second kappa shape index (κ2) is 5.06. The van der Waals surface area contributed by atoms with Gasteiger partial charge in [0.2, 0.25) is 0 Å². The number of hydrogen-bond donors (Lipinski definition) is 0. The van der Waals surface area contributed by atoms with E-state index in [4.69, 9.17) is 9.47 Å². The Morgan fingerprint density at radius 3 is 2.27 bits per heavy atom. The molecule has 0 saturated heterocycles. The second-order valence-electron chi connectivity index (χ2n) is 5.54. The minimum absolute atomic E-state index is 0.101. The predicted octanol–water partition coefficient (Wildman–Crippen LogP) is 4.39. The van der Waals surface area contributed by atoms with Gasteiger partial charge in [0.1, 0.15) is 5.76 Å². The molecule has 2 aliphatic carbocycles. The van der Waals surface area contributed by atoms with Crippen LogP contribution in [0.5, 0.6) is 0 Å². The molecule has 2 heteroatoms. The van der Waals surface area contributed by atoms with Crippen LogP contribution in [-0.4, -0.2) is 14.2 Å². The summed E-state index contributed by atoms with van der Waals surface area (Å²) >= 11 is 0. The molecule has 0 heterocycles. The maximum Gasteiger partial charge on any atom is 0.164 e. The lowest BCUT2D eigenvalue weighted by molar-refractivity contribution is 0.256. The molecule has 1 radical (unpaired) electrons. The van der Waals surface area contributed by atoms with E-state index in [0.717, 1.165) is 17.1 Å². The Kier molecular flexibility index (Phi) is 3.04.